The summed E-state index contributed by atoms with van der Waals surface area (Å²) < 4.78 is 5.30. The van der Waals surface area contributed by atoms with Crippen LogP contribution in [0.5, 0.6) is 0 Å². The molecule has 20 heavy (non-hydrogen) atoms. The number of hydrogen-bond acceptors (Lipinski definition) is 4. The van der Waals surface area contributed by atoms with Gasteiger partial charge in [-0.15, -0.1) is 0 Å². The number of carbonyl (C=O) groups is 1. The summed E-state index contributed by atoms with van der Waals surface area (Å²) in [7, 11) is 1.70. The summed E-state index contributed by atoms with van der Waals surface area (Å²) in [6, 6.07) is 5.11. The summed E-state index contributed by atoms with van der Waals surface area (Å²) in [5.74, 6) is -0.149. The molecule has 1 aliphatic rings. The van der Waals surface area contributed by atoms with Crippen molar-refractivity contribution in [3.05, 3.63) is 29.6 Å². The normalized spacial score (nSPS) is 16.6. The minimum atomic E-state index is -0.149. The number of nitrogens with one attached hydrogen (secondary N) is 1. The highest BCUT2D eigenvalue weighted by Gasteiger charge is 2.34. The van der Waals surface area contributed by atoms with Gasteiger partial charge in [0, 0.05) is 25.3 Å². The van der Waals surface area contributed by atoms with Crippen LogP contribution in [0.1, 0.15) is 41.7 Å². The molecule has 0 bridgehead atoms. The Kier molecular flexibility index (Phi) is 4.70. The van der Waals surface area contributed by atoms with Crippen LogP contribution in [0.25, 0.3) is 0 Å². The Morgan fingerprint density at radius 1 is 1.50 bits per heavy atom. The standard InChI is InChI=1S/C15H19N3O2/c1-20-11-15(6-2-3-7-15)10-18-14(19)12-4-5-13(8-16)17-9-12/h4-5,9H,2-3,6-7,10-11H2,1H3,(H,18,19). The molecular formula is C15H19N3O2. The lowest BCUT2D eigenvalue weighted by molar-refractivity contribution is 0.0740. The van der Waals surface area contributed by atoms with Crippen molar-refractivity contribution in [1.29, 1.82) is 5.26 Å². The third kappa shape index (κ3) is 3.34. The van der Waals surface area contributed by atoms with Crippen LogP contribution in [0.2, 0.25) is 0 Å². The molecule has 5 nitrogen and oxygen atoms in total. The third-order valence-electron chi connectivity index (χ3n) is 3.88. The van der Waals surface area contributed by atoms with Crippen LogP contribution in [-0.4, -0.2) is 31.2 Å². The van der Waals surface area contributed by atoms with Gasteiger partial charge in [0.1, 0.15) is 11.8 Å². The SMILES string of the molecule is COCC1(CNC(=O)c2ccc(C#N)nc2)CCCC1. The Labute approximate surface area is 119 Å². The van der Waals surface area contributed by atoms with Gasteiger partial charge in [0.25, 0.3) is 5.91 Å². The molecular weight excluding hydrogens is 254 g/mol. The molecule has 1 heterocycles. The predicted molar refractivity (Wildman–Crippen MR) is 74.1 cm³/mol. The van der Waals surface area contributed by atoms with Crippen LogP contribution in [0.4, 0.5) is 0 Å². The van der Waals surface area contributed by atoms with E-state index < -0.39 is 0 Å². The summed E-state index contributed by atoms with van der Waals surface area (Å²) in [5.41, 5.74) is 0.868. The second-order valence-corrected chi connectivity index (χ2v) is 5.37. The van der Waals surface area contributed by atoms with Crippen molar-refractivity contribution in [2.75, 3.05) is 20.3 Å². The number of aromatic nitrogens is 1. The van der Waals surface area contributed by atoms with E-state index in [2.05, 4.69) is 10.3 Å². The van der Waals surface area contributed by atoms with Crippen LogP contribution in [0.3, 0.4) is 0 Å². The monoisotopic (exact) mass is 273 g/mol. The van der Waals surface area contributed by atoms with E-state index in [9.17, 15) is 4.79 Å². The molecule has 1 fully saturated rings. The lowest BCUT2D eigenvalue weighted by Crippen LogP contribution is -2.38. The van der Waals surface area contributed by atoms with Gasteiger partial charge in [0.05, 0.1) is 12.2 Å². The molecule has 1 N–H and O–H groups in total. The zero-order chi connectivity index (χ0) is 14.4. The van der Waals surface area contributed by atoms with E-state index in [1.807, 2.05) is 6.07 Å². The Balaban J connectivity index is 1.95. The smallest absolute Gasteiger partial charge is 0.252 e. The van der Waals surface area contributed by atoms with Gasteiger partial charge in [0.2, 0.25) is 0 Å². The van der Waals surface area contributed by atoms with E-state index in [1.165, 1.54) is 19.0 Å². The first kappa shape index (κ1) is 14.5. The third-order valence-corrected chi connectivity index (χ3v) is 3.88. The number of hydrogen-bond donors (Lipinski definition) is 1. The number of nitrogens with zero attached hydrogens (tertiary/aromatic N) is 2. The van der Waals surface area contributed by atoms with Gasteiger partial charge in [-0.1, -0.05) is 12.8 Å². The van der Waals surface area contributed by atoms with Crippen molar-refractivity contribution < 1.29 is 9.53 Å². The molecule has 1 saturated carbocycles. The Bertz CT molecular complexity index is 499. The molecule has 0 radical (unpaired) electrons. The number of methoxy groups -OCH3 is 1. The average molecular weight is 273 g/mol. The predicted octanol–water partition coefficient (Wildman–Crippen LogP) is 1.89. The molecule has 2 rings (SSSR count). The largest absolute Gasteiger partial charge is 0.384 e. The maximum Gasteiger partial charge on any atom is 0.252 e. The number of nitriles is 1. The summed E-state index contributed by atoms with van der Waals surface area (Å²) in [6.07, 6.45) is 6.00. The highest BCUT2D eigenvalue weighted by atomic mass is 16.5. The van der Waals surface area contributed by atoms with Gasteiger partial charge in [0.15, 0.2) is 0 Å². The molecule has 0 aliphatic heterocycles. The zero-order valence-electron chi connectivity index (χ0n) is 11.7. The van der Waals surface area contributed by atoms with Crippen molar-refractivity contribution in [1.82, 2.24) is 10.3 Å². The minimum absolute atomic E-state index is 0.0738. The van der Waals surface area contributed by atoms with E-state index in [-0.39, 0.29) is 11.3 Å². The van der Waals surface area contributed by atoms with E-state index in [4.69, 9.17) is 10.00 Å². The molecule has 1 aliphatic carbocycles. The van der Waals surface area contributed by atoms with E-state index in [1.54, 1.807) is 19.2 Å². The topological polar surface area (TPSA) is 75.0 Å². The molecule has 0 spiro atoms. The maximum absolute atomic E-state index is 12.1. The summed E-state index contributed by atoms with van der Waals surface area (Å²) in [6.45, 7) is 1.30. The molecule has 106 valence electrons. The number of amides is 1. The Morgan fingerprint density at radius 3 is 2.80 bits per heavy atom. The van der Waals surface area contributed by atoms with Crippen molar-refractivity contribution in [3.8, 4) is 6.07 Å². The quantitative estimate of drug-likeness (QED) is 0.889. The summed E-state index contributed by atoms with van der Waals surface area (Å²) >= 11 is 0. The Hall–Kier alpha value is -1.93. The van der Waals surface area contributed by atoms with Crippen LogP contribution in [0.15, 0.2) is 18.3 Å². The molecule has 1 aromatic heterocycles. The highest BCUT2D eigenvalue weighted by Crippen LogP contribution is 2.37. The molecule has 0 unspecified atom stereocenters. The lowest BCUT2D eigenvalue weighted by Gasteiger charge is -2.28. The average Bonchev–Trinajstić information content (AvgIpc) is 2.94. The fraction of sp³-hybridized carbons (Fsp3) is 0.533. The van der Waals surface area contributed by atoms with E-state index in [0.29, 0.717) is 24.4 Å². The first-order valence-electron chi connectivity index (χ1n) is 6.82. The van der Waals surface area contributed by atoms with Crippen molar-refractivity contribution in [2.24, 2.45) is 5.41 Å². The second kappa shape index (κ2) is 6.49. The van der Waals surface area contributed by atoms with Crippen molar-refractivity contribution >= 4 is 5.91 Å². The number of rotatable bonds is 5. The van der Waals surface area contributed by atoms with Crippen molar-refractivity contribution in [2.45, 2.75) is 25.7 Å². The fourth-order valence-electron chi connectivity index (χ4n) is 2.77. The molecule has 1 amide bonds. The van der Waals surface area contributed by atoms with E-state index >= 15 is 0 Å². The number of ether oxygens (including phenoxy) is 1. The van der Waals surface area contributed by atoms with Crippen LogP contribution < -0.4 is 5.32 Å². The second-order valence-electron chi connectivity index (χ2n) is 5.37. The molecule has 0 atom stereocenters. The van der Waals surface area contributed by atoms with Crippen LogP contribution in [-0.2, 0) is 4.74 Å². The number of carbonyl (C=O) groups excluding carboxylic acids is 1. The van der Waals surface area contributed by atoms with Gasteiger partial charge in [-0.05, 0) is 25.0 Å². The minimum Gasteiger partial charge on any atom is -0.384 e. The Morgan fingerprint density at radius 2 is 2.25 bits per heavy atom. The molecule has 5 heteroatoms. The van der Waals surface area contributed by atoms with Gasteiger partial charge >= 0.3 is 0 Å². The van der Waals surface area contributed by atoms with Crippen LogP contribution in [0, 0.1) is 16.7 Å². The molecule has 0 saturated heterocycles. The molecule has 0 aromatic carbocycles. The first-order chi connectivity index (χ1) is 9.69. The zero-order valence-corrected chi connectivity index (χ0v) is 11.7. The van der Waals surface area contributed by atoms with E-state index in [0.717, 1.165) is 12.8 Å². The first-order valence-corrected chi connectivity index (χ1v) is 6.82. The summed E-state index contributed by atoms with van der Waals surface area (Å²) in [5, 5.41) is 11.6. The number of pyridine rings is 1. The molecule has 1 aromatic rings. The van der Waals surface area contributed by atoms with Gasteiger partial charge in [-0.3, -0.25) is 4.79 Å². The van der Waals surface area contributed by atoms with Crippen LogP contribution >= 0.6 is 0 Å². The highest BCUT2D eigenvalue weighted by molar-refractivity contribution is 5.93. The maximum atomic E-state index is 12.1. The van der Waals surface area contributed by atoms with Gasteiger partial charge in [-0.2, -0.15) is 5.26 Å². The summed E-state index contributed by atoms with van der Waals surface area (Å²) in [4.78, 5) is 16.0. The van der Waals surface area contributed by atoms with Gasteiger partial charge < -0.3 is 10.1 Å². The lowest BCUT2D eigenvalue weighted by atomic mass is 9.87. The fourth-order valence-corrected chi connectivity index (χ4v) is 2.77. The van der Waals surface area contributed by atoms with Gasteiger partial charge in [-0.25, -0.2) is 4.98 Å². The van der Waals surface area contributed by atoms with Crippen molar-refractivity contribution in [3.63, 3.8) is 0 Å².